The number of rotatable bonds is 0. The minimum absolute atomic E-state index is 0.656. The molecular weight excluding hydrogens is 178 g/mol. The molecule has 3 aromatic rings. The molecule has 0 aliphatic rings. The van der Waals surface area contributed by atoms with Crippen LogP contribution in [-0.2, 0) is 0 Å². The Hall–Kier alpha value is -2.10. The Morgan fingerprint density at radius 1 is 1.14 bits per heavy atom. The van der Waals surface area contributed by atoms with E-state index in [0.717, 1.165) is 21.2 Å². The SMILES string of the molecule is On1cnc2ccc3cccnc3c21. The molecule has 0 aliphatic heterocycles. The maximum atomic E-state index is 9.52. The fourth-order valence-corrected chi connectivity index (χ4v) is 1.62. The predicted molar refractivity (Wildman–Crippen MR) is 52.2 cm³/mol. The van der Waals surface area contributed by atoms with Crippen molar-refractivity contribution in [3.8, 4) is 0 Å². The van der Waals surface area contributed by atoms with Gasteiger partial charge in [0.1, 0.15) is 11.8 Å². The molecule has 2 aromatic heterocycles. The molecule has 0 bridgehead atoms. The van der Waals surface area contributed by atoms with Crippen LogP contribution in [0, 0.1) is 0 Å². The van der Waals surface area contributed by atoms with Crippen LogP contribution in [0.15, 0.2) is 36.8 Å². The first-order chi connectivity index (χ1) is 6.86. The van der Waals surface area contributed by atoms with E-state index in [-0.39, 0.29) is 0 Å². The van der Waals surface area contributed by atoms with Crippen molar-refractivity contribution < 1.29 is 5.21 Å². The molecular formula is C10H7N3O. The predicted octanol–water partition coefficient (Wildman–Crippen LogP) is 1.82. The van der Waals surface area contributed by atoms with Crippen molar-refractivity contribution in [1.82, 2.24) is 14.7 Å². The highest BCUT2D eigenvalue weighted by Gasteiger charge is 2.06. The van der Waals surface area contributed by atoms with Gasteiger partial charge in [-0.3, -0.25) is 4.98 Å². The summed E-state index contributed by atoms with van der Waals surface area (Å²) in [7, 11) is 0. The topological polar surface area (TPSA) is 50.9 Å². The standard InChI is InChI=1S/C10H7N3O/c14-13-6-12-8-4-3-7-2-1-5-11-9(7)10(8)13/h1-6,14H. The maximum Gasteiger partial charge on any atom is 0.133 e. The van der Waals surface area contributed by atoms with E-state index >= 15 is 0 Å². The quantitative estimate of drug-likeness (QED) is 0.543. The zero-order valence-electron chi connectivity index (χ0n) is 7.25. The third-order valence-corrected chi connectivity index (χ3v) is 2.26. The van der Waals surface area contributed by atoms with E-state index < -0.39 is 0 Å². The molecule has 2 heterocycles. The third kappa shape index (κ3) is 0.821. The Morgan fingerprint density at radius 2 is 2.07 bits per heavy atom. The zero-order valence-corrected chi connectivity index (χ0v) is 7.25. The van der Waals surface area contributed by atoms with Gasteiger partial charge in [-0.25, -0.2) is 4.98 Å². The van der Waals surface area contributed by atoms with Crippen LogP contribution in [0.2, 0.25) is 0 Å². The van der Waals surface area contributed by atoms with Gasteiger partial charge in [-0.1, -0.05) is 12.1 Å². The van der Waals surface area contributed by atoms with Crippen molar-refractivity contribution in [3.63, 3.8) is 0 Å². The van der Waals surface area contributed by atoms with Gasteiger partial charge in [0.25, 0.3) is 0 Å². The molecule has 0 radical (unpaired) electrons. The van der Waals surface area contributed by atoms with Crippen LogP contribution in [0.1, 0.15) is 0 Å². The molecule has 0 atom stereocenters. The van der Waals surface area contributed by atoms with Crippen molar-refractivity contribution in [3.05, 3.63) is 36.8 Å². The second-order valence-corrected chi connectivity index (χ2v) is 3.10. The van der Waals surface area contributed by atoms with Crippen LogP contribution < -0.4 is 0 Å². The van der Waals surface area contributed by atoms with Crippen molar-refractivity contribution in [1.29, 1.82) is 0 Å². The van der Waals surface area contributed by atoms with Gasteiger partial charge >= 0.3 is 0 Å². The molecule has 0 aliphatic carbocycles. The Bertz CT molecular complexity index is 615. The van der Waals surface area contributed by atoms with E-state index in [1.807, 2.05) is 24.3 Å². The number of benzene rings is 1. The second-order valence-electron chi connectivity index (χ2n) is 3.10. The van der Waals surface area contributed by atoms with E-state index in [0.29, 0.717) is 5.52 Å². The van der Waals surface area contributed by atoms with Crippen molar-refractivity contribution in [2.24, 2.45) is 0 Å². The molecule has 0 fully saturated rings. The summed E-state index contributed by atoms with van der Waals surface area (Å²) in [5, 5.41) is 10.5. The van der Waals surface area contributed by atoms with Gasteiger partial charge in [0.15, 0.2) is 0 Å². The highest BCUT2D eigenvalue weighted by Crippen LogP contribution is 2.21. The number of imidazole rings is 1. The Kier molecular flexibility index (Phi) is 1.28. The smallest absolute Gasteiger partial charge is 0.133 e. The summed E-state index contributed by atoms with van der Waals surface area (Å²) in [5.74, 6) is 0. The molecule has 3 rings (SSSR count). The highest BCUT2D eigenvalue weighted by molar-refractivity contribution is 6.01. The molecule has 1 N–H and O–H groups in total. The second kappa shape index (κ2) is 2.45. The normalized spacial score (nSPS) is 11.1. The fourth-order valence-electron chi connectivity index (χ4n) is 1.62. The minimum atomic E-state index is 0.656. The molecule has 0 saturated carbocycles. The van der Waals surface area contributed by atoms with Gasteiger partial charge in [-0.2, -0.15) is 4.73 Å². The number of fused-ring (bicyclic) bond motifs is 3. The lowest BCUT2D eigenvalue weighted by Gasteiger charge is -1.98. The van der Waals surface area contributed by atoms with Crippen LogP contribution in [0.4, 0.5) is 0 Å². The van der Waals surface area contributed by atoms with Crippen LogP contribution in [0.3, 0.4) is 0 Å². The molecule has 68 valence electrons. The van der Waals surface area contributed by atoms with Crippen molar-refractivity contribution >= 4 is 21.9 Å². The average Bonchev–Trinajstić information content (AvgIpc) is 2.61. The number of nitrogens with zero attached hydrogens (tertiary/aromatic N) is 3. The van der Waals surface area contributed by atoms with Crippen LogP contribution in [-0.4, -0.2) is 19.9 Å². The lowest BCUT2D eigenvalue weighted by Crippen LogP contribution is -1.88. The average molecular weight is 185 g/mol. The summed E-state index contributed by atoms with van der Waals surface area (Å²) in [6, 6.07) is 7.63. The van der Waals surface area contributed by atoms with Crippen molar-refractivity contribution in [2.45, 2.75) is 0 Å². The summed E-state index contributed by atoms with van der Waals surface area (Å²) in [4.78, 5) is 8.26. The lowest BCUT2D eigenvalue weighted by molar-refractivity contribution is 0.198. The van der Waals surface area contributed by atoms with Crippen molar-refractivity contribution in [2.75, 3.05) is 0 Å². The van der Waals surface area contributed by atoms with E-state index in [2.05, 4.69) is 9.97 Å². The number of aromatic nitrogens is 3. The maximum absolute atomic E-state index is 9.52. The summed E-state index contributed by atoms with van der Waals surface area (Å²) in [5.41, 5.74) is 2.17. The lowest BCUT2D eigenvalue weighted by atomic mass is 10.2. The first-order valence-electron chi connectivity index (χ1n) is 4.26. The van der Waals surface area contributed by atoms with Gasteiger partial charge in [0.05, 0.1) is 11.0 Å². The van der Waals surface area contributed by atoms with E-state index in [9.17, 15) is 5.21 Å². The number of hydrogen-bond acceptors (Lipinski definition) is 3. The number of hydrogen-bond donors (Lipinski definition) is 1. The number of pyridine rings is 1. The van der Waals surface area contributed by atoms with E-state index in [4.69, 9.17) is 0 Å². The molecule has 14 heavy (non-hydrogen) atoms. The Labute approximate surface area is 79.4 Å². The van der Waals surface area contributed by atoms with Gasteiger partial charge in [0.2, 0.25) is 0 Å². The monoisotopic (exact) mass is 185 g/mol. The molecule has 0 amide bonds. The van der Waals surface area contributed by atoms with Gasteiger partial charge in [-0.15, -0.1) is 0 Å². The molecule has 4 nitrogen and oxygen atoms in total. The van der Waals surface area contributed by atoms with Gasteiger partial charge in [0, 0.05) is 11.6 Å². The third-order valence-electron chi connectivity index (χ3n) is 2.26. The molecule has 0 unspecified atom stereocenters. The first-order valence-corrected chi connectivity index (χ1v) is 4.26. The van der Waals surface area contributed by atoms with E-state index in [1.165, 1.54) is 6.33 Å². The van der Waals surface area contributed by atoms with Crippen LogP contribution >= 0.6 is 0 Å². The summed E-state index contributed by atoms with van der Waals surface area (Å²) >= 11 is 0. The Morgan fingerprint density at radius 3 is 3.00 bits per heavy atom. The zero-order chi connectivity index (χ0) is 9.54. The minimum Gasteiger partial charge on any atom is -0.427 e. The van der Waals surface area contributed by atoms with Crippen LogP contribution in [0.5, 0.6) is 0 Å². The summed E-state index contributed by atoms with van der Waals surface area (Å²) in [6.45, 7) is 0. The van der Waals surface area contributed by atoms with Gasteiger partial charge < -0.3 is 5.21 Å². The summed E-state index contributed by atoms with van der Waals surface area (Å²) in [6.07, 6.45) is 3.08. The van der Waals surface area contributed by atoms with Gasteiger partial charge in [-0.05, 0) is 12.1 Å². The molecule has 1 aromatic carbocycles. The Balaban J connectivity index is 2.65. The van der Waals surface area contributed by atoms with E-state index in [1.54, 1.807) is 6.20 Å². The largest absolute Gasteiger partial charge is 0.427 e. The van der Waals surface area contributed by atoms with Crippen LogP contribution in [0.25, 0.3) is 21.9 Å². The fraction of sp³-hybridized carbons (Fsp3) is 0. The molecule has 0 saturated heterocycles. The molecule has 0 spiro atoms. The summed E-state index contributed by atoms with van der Waals surface area (Å²) < 4.78 is 1.00. The molecule has 4 heteroatoms. The highest BCUT2D eigenvalue weighted by atomic mass is 16.5. The first kappa shape index (κ1) is 7.32.